The Kier molecular flexibility index (Phi) is 7.74. The molecule has 0 unspecified atom stereocenters. The van der Waals surface area contributed by atoms with Crippen LogP contribution in [0.2, 0.25) is 0 Å². The number of aryl methyl sites for hydroxylation is 1. The van der Waals surface area contributed by atoms with Gasteiger partial charge in [-0.05, 0) is 71.8 Å². The summed E-state index contributed by atoms with van der Waals surface area (Å²) in [6.45, 7) is 1.80. The van der Waals surface area contributed by atoms with E-state index in [4.69, 9.17) is 9.94 Å². The van der Waals surface area contributed by atoms with Crippen LogP contribution >= 0.6 is 38.7 Å². The standard InChI is InChI=1S/C17H16BrF2IN2O3/c1-10-9-11(21)3-6-14(10)22-16-12(4-5-13(19)15(16)20)17(25)23(18)26-8-2-7-24/h3-6,9,22,24H,2,7-8H2,1H3. The number of rotatable bonds is 7. The summed E-state index contributed by atoms with van der Waals surface area (Å²) in [5.74, 6) is -2.95. The second kappa shape index (κ2) is 9.58. The van der Waals surface area contributed by atoms with Crippen LogP contribution in [0.5, 0.6) is 0 Å². The number of nitrogens with one attached hydrogen (secondary N) is 1. The van der Waals surface area contributed by atoms with Crippen molar-refractivity contribution in [3.63, 3.8) is 0 Å². The van der Waals surface area contributed by atoms with Gasteiger partial charge in [-0.2, -0.15) is 0 Å². The van der Waals surface area contributed by atoms with Crippen LogP contribution < -0.4 is 5.32 Å². The summed E-state index contributed by atoms with van der Waals surface area (Å²) in [7, 11) is 0. The topological polar surface area (TPSA) is 61.8 Å². The average Bonchev–Trinajstić information content (AvgIpc) is 2.60. The van der Waals surface area contributed by atoms with Crippen molar-refractivity contribution < 1.29 is 23.5 Å². The third-order valence-electron chi connectivity index (χ3n) is 3.44. The molecule has 0 atom stereocenters. The van der Waals surface area contributed by atoms with Crippen LogP contribution in [0, 0.1) is 22.1 Å². The molecule has 0 fully saturated rings. The summed E-state index contributed by atoms with van der Waals surface area (Å²) in [6.07, 6.45) is 0.320. The molecule has 2 aromatic carbocycles. The number of amides is 1. The summed E-state index contributed by atoms with van der Waals surface area (Å²) in [5, 5.41) is 11.6. The zero-order chi connectivity index (χ0) is 19.3. The van der Waals surface area contributed by atoms with Gasteiger partial charge in [0.1, 0.15) is 0 Å². The van der Waals surface area contributed by atoms with Crippen LogP contribution in [0.15, 0.2) is 30.3 Å². The molecule has 26 heavy (non-hydrogen) atoms. The molecule has 0 aliphatic rings. The number of aliphatic hydroxyl groups is 1. The van der Waals surface area contributed by atoms with E-state index in [9.17, 15) is 13.6 Å². The maximum atomic E-state index is 14.4. The Labute approximate surface area is 171 Å². The van der Waals surface area contributed by atoms with E-state index in [1.54, 1.807) is 6.07 Å². The fourth-order valence-corrected chi connectivity index (χ4v) is 3.10. The highest BCUT2D eigenvalue weighted by atomic mass is 127. The van der Waals surface area contributed by atoms with Crippen molar-refractivity contribution in [3.05, 3.63) is 56.7 Å². The molecule has 0 aliphatic heterocycles. The van der Waals surface area contributed by atoms with E-state index in [1.165, 1.54) is 6.07 Å². The average molecular weight is 541 g/mol. The fourth-order valence-electron chi connectivity index (χ4n) is 2.12. The molecule has 2 aromatic rings. The Bertz CT molecular complexity index is 808. The van der Waals surface area contributed by atoms with Crippen molar-refractivity contribution in [2.45, 2.75) is 13.3 Å². The molecule has 1 amide bonds. The van der Waals surface area contributed by atoms with Gasteiger partial charge in [0, 0.05) is 15.9 Å². The van der Waals surface area contributed by atoms with Gasteiger partial charge in [0.15, 0.2) is 11.6 Å². The Morgan fingerprint density at radius 2 is 2.08 bits per heavy atom. The molecule has 0 saturated heterocycles. The van der Waals surface area contributed by atoms with E-state index in [2.05, 4.69) is 44.1 Å². The normalized spacial score (nSPS) is 10.7. The Hall–Kier alpha value is -1.30. The number of carbonyl (C=O) groups excluding carboxylic acids is 1. The first-order valence-corrected chi connectivity index (χ1v) is 9.39. The first-order chi connectivity index (χ1) is 12.3. The number of benzene rings is 2. The number of carbonyl (C=O) groups is 1. The molecular weight excluding hydrogens is 525 g/mol. The minimum absolute atomic E-state index is 0.0795. The van der Waals surface area contributed by atoms with E-state index in [0.29, 0.717) is 12.1 Å². The molecule has 0 bridgehead atoms. The van der Waals surface area contributed by atoms with E-state index in [-0.39, 0.29) is 24.5 Å². The zero-order valence-electron chi connectivity index (χ0n) is 13.7. The van der Waals surface area contributed by atoms with Crippen molar-refractivity contribution in [3.8, 4) is 0 Å². The zero-order valence-corrected chi connectivity index (χ0v) is 17.5. The van der Waals surface area contributed by atoms with Gasteiger partial charge in [-0.1, -0.05) is 0 Å². The molecular formula is C17H16BrF2IN2O3. The van der Waals surface area contributed by atoms with Gasteiger partial charge in [0.25, 0.3) is 5.91 Å². The van der Waals surface area contributed by atoms with E-state index >= 15 is 0 Å². The number of aliphatic hydroxyl groups excluding tert-OH is 1. The summed E-state index contributed by atoms with van der Waals surface area (Å²) >= 11 is 5.08. The summed E-state index contributed by atoms with van der Waals surface area (Å²) < 4.78 is 29.9. The lowest BCUT2D eigenvalue weighted by Gasteiger charge is -2.18. The van der Waals surface area contributed by atoms with Gasteiger partial charge in [-0.25, -0.2) is 8.78 Å². The van der Waals surface area contributed by atoms with Crippen molar-refractivity contribution >= 4 is 56.0 Å². The number of hydrogen-bond donors (Lipinski definition) is 2. The molecule has 5 nitrogen and oxygen atoms in total. The van der Waals surface area contributed by atoms with Crippen LogP contribution in [-0.2, 0) is 4.84 Å². The van der Waals surface area contributed by atoms with Gasteiger partial charge >= 0.3 is 0 Å². The van der Waals surface area contributed by atoms with Crippen molar-refractivity contribution in [1.82, 2.24) is 4.09 Å². The Morgan fingerprint density at radius 1 is 1.35 bits per heavy atom. The lowest BCUT2D eigenvalue weighted by molar-refractivity contribution is -0.0493. The lowest BCUT2D eigenvalue weighted by atomic mass is 10.1. The maximum absolute atomic E-state index is 14.4. The van der Waals surface area contributed by atoms with Crippen LogP contribution in [-0.4, -0.2) is 28.3 Å². The highest BCUT2D eigenvalue weighted by Crippen LogP contribution is 2.30. The third-order valence-corrected chi connectivity index (χ3v) is 4.64. The summed E-state index contributed by atoms with van der Waals surface area (Å²) in [5.41, 5.74) is 0.970. The van der Waals surface area contributed by atoms with Gasteiger partial charge in [0.05, 0.1) is 34.0 Å². The molecule has 0 aliphatic carbocycles. The quantitative estimate of drug-likeness (QED) is 0.231. The molecule has 140 valence electrons. The van der Waals surface area contributed by atoms with Gasteiger partial charge in [-0.15, -0.1) is 4.09 Å². The lowest BCUT2D eigenvalue weighted by Crippen LogP contribution is -2.23. The first-order valence-electron chi connectivity index (χ1n) is 7.60. The smallest absolute Gasteiger partial charge is 0.290 e. The number of hydrogen-bond acceptors (Lipinski definition) is 4. The number of anilines is 2. The molecule has 9 heteroatoms. The minimum atomic E-state index is -1.16. The second-order valence-electron chi connectivity index (χ2n) is 5.33. The summed E-state index contributed by atoms with van der Waals surface area (Å²) in [4.78, 5) is 17.6. The first kappa shape index (κ1) is 21.0. The number of nitrogens with zero attached hydrogens (tertiary/aromatic N) is 1. The van der Waals surface area contributed by atoms with Crippen LogP contribution in [0.1, 0.15) is 22.3 Å². The largest absolute Gasteiger partial charge is 0.396 e. The van der Waals surface area contributed by atoms with E-state index in [1.807, 2.05) is 19.1 Å². The fraction of sp³-hybridized carbons (Fsp3) is 0.235. The number of halogens is 4. The van der Waals surface area contributed by atoms with Crippen LogP contribution in [0.25, 0.3) is 0 Å². The van der Waals surface area contributed by atoms with Crippen LogP contribution in [0.4, 0.5) is 20.2 Å². The molecule has 2 N–H and O–H groups in total. The molecule has 0 radical (unpaired) electrons. The van der Waals surface area contributed by atoms with Gasteiger partial charge < -0.3 is 10.4 Å². The predicted molar refractivity (Wildman–Crippen MR) is 106 cm³/mol. The van der Waals surface area contributed by atoms with Crippen molar-refractivity contribution in [1.29, 1.82) is 0 Å². The summed E-state index contributed by atoms with van der Waals surface area (Å²) in [6, 6.07) is 7.46. The minimum Gasteiger partial charge on any atom is -0.396 e. The second-order valence-corrected chi connectivity index (χ2v) is 7.22. The Morgan fingerprint density at radius 3 is 2.73 bits per heavy atom. The predicted octanol–water partition coefficient (Wildman–Crippen LogP) is 4.69. The molecule has 0 saturated carbocycles. The molecule has 0 spiro atoms. The highest BCUT2D eigenvalue weighted by molar-refractivity contribution is 14.1. The van der Waals surface area contributed by atoms with Crippen LogP contribution in [0.3, 0.4) is 0 Å². The van der Waals surface area contributed by atoms with Crippen molar-refractivity contribution in [2.24, 2.45) is 0 Å². The van der Waals surface area contributed by atoms with E-state index < -0.39 is 17.5 Å². The Balaban J connectivity index is 2.35. The highest BCUT2D eigenvalue weighted by Gasteiger charge is 2.23. The van der Waals surface area contributed by atoms with E-state index in [0.717, 1.165) is 19.3 Å². The third kappa shape index (κ3) is 5.12. The maximum Gasteiger partial charge on any atom is 0.290 e. The van der Waals surface area contributed by atoms with Gasteiger partial charge in [-0.3, -0.25) is 9.63 Å². The SMILES string of the molecule is Cc1cc(I)ccc1Nc1c(C(=O)N(Br)OCCCO)ccc(F)c1F. The van der Waals surface area contributed by atoms with Gasteiger partial charge in [0.2, 0.25) is 0 Å². The van der Waals surface area contributed by atoms with Crippen molar-refractivity contribution in [2.75, 3.05) is 18.5 Å². The molecule has 0 aromatic heterocycles. The molecule has 2 rings (SSSR count). The monoisotopic (exact) mass is 540 g/mol. The molecule has 0 heterocycles. The number of hydroxylamine groups is 1.